The monoisotopic (exact) mass is 316 g/mol. The van der Waals surface area contributed by atoms with Gasteiger partial charge in [-0.05, 0) is 22.8 Å². The zero-order valence-corrected chi connectivity index (χ0v) is 14.6. The first-order valence-electron chi connectivity index (χ1n) is 8.41. The van der Waals surface area contributed by atoms with Gasteiger partial charge in [-0.2, -0.15) is 0 Å². The molecular formula is C17H26B2O4. The Hall–Kier alpha value is -0.810. The van der Waals surface area contributed by atoms with Crippen molar-refractivity contribution < 1.29 is 18.6 Å². The molecule has 2 saturated heterocycles. The van der Waals surface area contributed by atoms with Crippen LogP contribution in [0.5, 0.6) is 0 Å². The van der Waals surface area contributed by atoms with Crippen LogP contribution in [0, 0.1) is 10.8 Å². The zero-order valence-electron chi connectivity index (χ0n) is 14.6. The highest BCUT2D eigenvalue weighted by molar-refractivity contribution is 6.63. The van der Waals surface area contributed by atoms with Crippen molar-refractivity contribution in [3.8, 4) is 0 Å². The van der Waals surface area contributed by atoms with Crippen molar-refractivity contribution in [2.75, 3.05) is 26.4 Å². The van der Waals surface area contributed by atoms with Gasteiger partial charge in [-0.25, -0.2) is 0 Å². The van der Waals surface area contributed by atoms with Gasteiger partial charge >= 0.3 is 14.2 Å². The van der Waals surface area contributed by atoms with E-state index in [1.165, 1.54) is 0 Å². The lowest BCUT2D eigenvalue weighted by Crippen LogP contribution is -2.48. The summed E-state index contributed by atoms with van der Waals surface area (Å²) in [5.74, 6) is 0. The first-order chi connectivity index (χ1) is 10.8. The molecule has 3 rings (SSSR count). The molecule has 0 saturated carbocycles. The third-order valence-corrected chi connectivity index (χ3v) is 4.41. The summed E-state index contributed by atoms with van der Waals surface area (Å²) in [6, 6.07) is 8.18. The summed E-state index contributed by atoms with van der Waals surface area (Å²) in [5, 5.41) is 0. The Bertz CT molecular complexity index is 520. The van der Waals surface area contributed by atoms with E-state index >= 15 is 0 Å². The Kier molecular flexibility index (Phi) is 4.88. The molecule has 2 aliphatic heterocycles. The summed E-state index contributed by atoms with van der Waals surface area (Å²) >= 11 is 0. The van der Waals surface area contributed by atoms with Crippen LogP contribution < -0.4 is 10.9 Å². The van der Waals surface area contributed by atoms with Gasteiger partial charge < -0.3 is 18.6 Å². The highest BCUT2D eigenvalue weighted by Crippen LogP contribution is 2.24. The van der Waals surface area contributed by atoms with E-state index in [4.69, 9.17) is 18.6 Å². The zero-order chi connectivity index (χ0) is 16.5. The number of hydrogen-bond donors (Lipinski definition) is 0. The lowest BCUT2D eigenvalue weighted by atomic mass is 9.72. The molecule has 0 radical (unpaired) electrons. The highest BCUT2D eigenvalue weighted by atomic mass is 16.6. The van der Waals surface area contributed by atoms with Crippen LogP contribution in [-0.4, -0.2) is 40.7 Å². The fourth-order valence-corrected chi connectivity index (χ4v) is 2.75. The van der Waals surface area contributed by atoms with Gasteiger partial charge in [-0.1, -0.05) is 52.0 Å². The minimum absolute atomic E-state index is 0.0886. The van der Waals surface area contributed by atoms with E-state index < -0.39 is 0 Å². The summed E-state index contributed by atoms with van der Waals surface area (Å²) in [6.45, 7) is 11.6. The summed E-state index contributed by atoms with van der Waals surface area (Å²) < 4.78 is 23.4. The third kappa shape index (κ3) is 4.38. The molecule has 0 unspecified atom stereocenters. The molecule has 0 N–H and O–H groups in total. The molecule has 124 valence electrons. The Morgan fingerprint density at radius 2 is 1.13 bits per heavy atom. The van der Waals surface area contributed by atoms with Crippen molar-refractivity contribution in [3.63, 3.8) is 0 Å². The molecule has 1 aromatic rings. The lowest BCUT2D eigenvalue weighted by molar-refractivity contribution is 0.0343. The molecule has 6 heteroatoms. The van der Waals surface area contributed by atoms with Crippen molar-refractivity contribution in [3.05, 3.63) is 24.3 Å². The minimum Gasteiger partial charge on any atom is -0.407 e. The molecule has 1 aromatic carbocycles. The standard InChI is InChI=1S/C17H26B2O4/c1-16(2)9-10-20-18(21-11-16)14-5-7-15(8-6-14)19-22-12-17(3,4)13-23-19/h5-8H,9-13H2,1-4H3. The van der Waals surface area contributed by atoms with Crippen molar-refractivity contribution in [2.45, 2.75) is 34.1 Å². The molecule has 0 spiro atoms. The van der Waals surface area contributed by atoms with Crippen LogP contribution >= 0.6 is 0 Å². The molecule has 23 heavy (non-hydrogen) atoms. The maximum atomic E-state index is 5.93. The molecule has 2 fully saturated rings. The fraction of sp³-hybridized carbons (Fsp3) is 0.647. The second-order valence-electron chi connectivity index (χ2n) is 8.21. The Morgan fingerprint density at radius 3 is 1.65 bits per heavy atom. The van der Waals surface area contributed by atoms with Crippen molar-refractivity contribution in [2.24, 2.45) is 10.8 Å². The molecule has 0 aliphatic carbocycles. The van der Waals surface area contributed by atoms with Gasteiger partial charge in [0.1, 0.15) is 0 Å². The Labute approximate surface area is 140 Å². The molecule has 2 heterocycles. The van der Waals surface area contributed by atoms with Gasteiger partial charge in [0.25, 0.3) is 0 Å². The van der Waals surface area contributed by atoms with E-state index in [9.17, 15) is 0 Å². The third-order valence-electron chi connectivity index (χ3n) is 4.41. The second kappa shape index (κ2) is 6.60. The van der Waals surface area contributed by atoms with Crippen LogP contribution in [0.2, 0.25) is 0 Å². The predicted octanol–water partition coefficient (Wildman–Crippen LogP) is 1.61. The molecule has 0 atom stereocenters. The van der Waals surface area contributed by atoms with Crippen LogP contribution in [-0.2, 0) is 18.6 Å². The van der Waals surface area contributed by atoms with E-state index in [0.717, 1.165) is 24.0 Å². The summed E-state index contributed by atoms with van der Waals surface area (Å²) in [4.78, 5) is 0. The predicted molar refractivity (Wildman–Crippen MR) is 93.2 cm³/mol. The maximum absolute atomic E-state index is 5.93. The van der Waals surface area contributed by atoms with E-state index in [0.29, 0.717) is 19.8 Å². The first kappa shape index (κ1) is 17.0. The van der Waals surface area contributed by atoms with Crippen molar-refractivity contribution in [1.29, 1.82) is 0 Å². The number of rotatable bonds is 2. The number of hydrogen-bond acceptors (Lipinski definition) is 4. The van der Waals surface area contributed by atoms with Crippen LogP contribution in [0.1, 0.15) is 34.1 Å². The van der Waals surface area contributed by atoms with Gasteiger partial charge in [0, 0.05) is 31.8 Å². The Morgan fingerprint density at radius 1 is 0.696 bits per heavy atom. The highest BCUT2D eigenvalue weighted by Gasteiger charge is 2.34. The van der Waals surface area contributed by atoms with Gasteiger partial charge in [0.05, 0.1) is 0 Å². The molecule has 0 aromatic heterocycles. The quantitative estimate of drug-likeness (QED) is 0.777. The largest absolute Gasteiger partial charge is 0.493 e. The summed E-state index contributed by atoms with van der Waals surface area (Å²) in [5.41, 5.74) is 2.34. The number of benzene rings is 1. The lowest BCUT2D eigenvalue weighted by Gasteiger charge is -2.33. The van der Waals surface area contributed by atoms with Gasteiger partial charge in [-0.3, -0.25) is 0 Å². The summed E-state index contributed by atoms with van der Waals surface area (Å²) in [7, 11) is -0.551. The van der Waals surface area contributed by atoms with Gasteiger partial charge in [0.2, 0.25) is 0 Å². The molecule has 4 nitrogen and oxygen atoms in total. The van der Waals surface area contributed by atoms with Gasteiger partial charge in [-0.15, -0.1) is 0 Å². The smallest absolute Gasteiger partial charge is 0.407 e. The average molecular weight is 316 g/mol. The van der Waals surface area contributed by atoms with Crippen LogP contribution in [0.3, 0.4) is 0 Å². The van der Waals surface area contributed by atoms with Crippen molar-refractivity contribution in [1.82, 2.24) is 0 Å². The first-order valence-corrected chi connectivity index (χ1v) is 8.41. The minimum atomic E-state index is -0.280. The Balaban J connectivity index is 1.63. The maximum Gasteiger partial charge on any atom is 0.493 e. The van der Waals surface area contributed by atoms with E-state index in [2.05, 4.69) is 27.7 Å². The fourth-order valence-electron chi connectivity index (χ4n) is 2.75. The molecular weight excluding hydrogens is 290 g/mol. The molecule has 2 aliphatic rings. The second-order valence-corrected chi connectivity index (χ2v) is 8.21. The van der Waals surface area contributed by atoms with Crippen LogP contribution in [0.25, 0.3) is 0 Å². The van der Waals surface area contributed by atoms with Crippen LogP contribution in [0.15, 0.2) is 24.3 Å². The normalized spacial score (nSPS) is 24.3. The SMILES string of the molecule is CC1(C)CCOB(c2ccc(B3OCC(C)(C)CO3)cc2)OC1. The average Bonchev–Trinajstić information content (AvgIpc) is 2.68. The molecule has 0 bridgehead atoms. The topological polar surface area (TPSA) is 36.9 Å². The summed E-state index contributed by atoms with van der Waals surface area (Å²) in [6.07, 6.45) is 1.02. The van der Waals surface area contributed by atoms with E-state index in [1.807, 2.05) is 24.3 Å². The van der Waals surface area contributed by atoms with Crippen LogP contribution in [0.4, 0.5) is 0 Å². The van der Waals surface area contributed by atoms with Crippen molar-refractivity contribution >= 4 is 25.2 Å². The van der Waals surface area contributed by atoms with E-state index in [-0.39, 0.29) is 25.1 Å². The van der Waals surface area contributed by atoms with Gasteiger partial charge in [0.15, 0.2) is 0 Å². The molecule has 0 amide bonds. The van der Waals surface area contributed by atoms with E-state index in [1.54, 1.807) is 0 Å².